The maximum atomic E-state index is 12.3. The first-order chi connectivity index (χ1) is 13.1. The Morgan fingerprint density at radius 1 is 1.07 bits per heavy atom. The maximum absolute atomic E-state index is 12.3. The largest absolute Gasteiger partial charge is 0.491 e. The smallest absolute Gasteiger partial charge is 0.275 e. The van der Waals surface area contributed by atoms with Crippen LogP contribution in [0.15, 0.2) is 61.2 Å². The van der Waals surface area contributed by atoms with Gasteiger partial charge in [-0.05, 0) is 49.7 Å². The Labute approximate surface area is 157 Å². The lowest BCUT2D eigenvalue weighted by atomic mass is 10.3. The van der Waals surface area contributed by atoms with E-state index in [0.29, 0.717) is 18.1 Å². The van der Waals surface area contributed by atoms with Crippen molar-refractivity contribution in [3.8, 4) is 5.75 Å². The number of carbonyl (C=O) groups excluding carboxylic acids is 1. The number of aromatic nitrogens is 3. The topological polar surface area (TPSA) is 89.0 Å². The van der Waals surface area contributed by atoms with Gasteiger partial charge in [-0.15, -0.1) is 0 Å². The summed E-state index contributed by atoms with van der Waals surface area (Å²) in [7, 11) is 0. The van der Waals surface area contributed by atoms with E-state index in [0.717, 1.165) is 11.3 Å². The molecule has 138 valence electrons. The van der Waals surface area contributed by atoms with Crippen LogP contribution < -0.4 is 15.4 Å². The number of ether oxygens (including phenoxy) is 1. The molecule has 7 nitrogen and oxygen atoms in total. The molecule has 2 heterocycles. The summed E-state index contributed by atoms with van der Waals surface area (Å²) in [4.78, 5) is 24.7. The Kier molecular flexibility index (Phi) is 5.94. The fraction of sp³-hybridized carbons (Fsp3) is 0.200. The number of nitrogens with zero attached hydrogens (tertiary/aromatic N) is 3. The van der Waals surface area contributed by atoms with Crippen molar-refractivity contribution >= 4 is 17.4 Å². The predicted molar refractivity (Wildman–Crippen MR) is 104 cm³/mol. The summed E-state index contributed by atoms with van der Waals surface area (Å²) >= 11 is 0. The minimum atomic E-state index is -0.321. The molecule has 27 heavy (non-hydrogen) atoms. The minimum absolute atomic E-state index is 0.103. The highest BCUT2D eigenvalue weighted by Gasteiger charge is 2.09. The summed E-state index contributed by atoms with van der Waals surface area (Å²) in [5.74, 6) is 1.02. The van der Waals surface area contributed by atoms with Crippen LogP contribution in [0.3, 0.4) is 0 Å². The number of hydrogen-bond donors (Lipinski definition) is 2. The molecule has 3 rings (SSSR count). The summed E-state index contributed by atoms with van der Waals surface area (Å²) in [5.41, 5.74) is 1.94. The second-order valence-electron chi connectivity index (χ2n) is 6.15. The summed E-state index contributed by atoms with van der Waals surface area (Å²) in [6, 6.07) is 11.0. The first-order valence-corrected chi connectivity index (χ1v) is 8.63. The molecule has 0 aliphatic carbocycles. The van der Waals surface area contributed by atoms with Crippen molar-refractivity contribution in [3.05, 3.63) is 72.4 Å². The molecule has 0 aliphatic rings. The molecular weight excluding hydrogens is 342 g/mol. The number of benzene rings is 1. The van der Waals surface area contributed by atoms with Gasteiger partial charge >= 0.3 is 0 Å². The zero-order valence-corrected chi connectivity index (χ0v) is 15.2. The van der Waals surface area contributed by atoms with Crippen molar-refractivity contribution in [1.29, 1.82) is 0 Å². The molecule has 0 radical (unpaired) electrons. The number of rotatable bonds is 7. The van der Waals surface area contributed by atoms with Gasteiger partial charge in [0.15, 0.2) is 0 Å². The Balaban J connectivity index is 1.55. The lowest BCUT2D eigenvalue weighted by Gasteiger charge is -2.10. The van der Waals surface area contributed by atoms with Crippen LogP contribution in [0.1, 0.15) is 29.9 Å². The molecule has 1 aromatic carbocycles. The highest BCUT2D eigenvalue weighted by molar-refractivity contribution is 6.02. The monoisotopic (exact) mass is 363 g/mol. The van der Waals surface area contributed by atoms with E-state index < -0.39 is 0 Å². The Hall–Kier alpha value is -3.48. The predicted octanol–water partition coefficient (Wildman–Crippen LogP) is 3.52. The highest BCUT2D eigenvalue weighted by Crippen LogP contribution is 2.17. The van der Waals surface area contributed by atoms with Crippen molar-refractivity contribution in [2.75, 3.05) is 10.6 Å². The molecular formula is C20H21N5O2. The van der Waals surface area contributed by atoms with Crippen LogP contribution in [-0.4, -0.2) is 27.0 Å². The average Bonchev–Trinajstić information content (AvgIpc) is 2.69. The van der Waals surface area contributed by atoms with Crippen LogP contribution >= 0.6 is 0 Å². The molecule has 2 aromatic heterocycles. The number of pyridine rings is 1. The Bertz CT molecular complexity index is 865. The fourth-order valence-electron chi connectivity index (χ4n) is 2.32. The highest BCUT2D eigenvalue weighted by atomic mass is 16.5. The summed E-state index contributed by atoms with van der Waals surface area (Å²) in [6.45, 7) is 4.51. The second kappa shape index (κ2) is 8.75. The number of anilines is 2. The van der Waals surface area contributed by atoms with Crippen LogP contribution in [0.2, 0.25) is 0 Å². The van der Waals surface area contributed by atoms with Crippen LogP contribution in [0.25, 0.3) is 0 Å². The molecule has 7 heteroatoms. The van der Waals surface area contributed by atoms with Crippen molar-refractivity contribution in [3.63, 3.8) is 0 Å². The normalized spacial score (nSPS) is 10.5. The summed E-state index contributed by atoms with van der Waals surface area (Å²) < 4.78 is 5.58. The van der Waals surface area contributed by atoms with Crippen LogP contribution in [0, 0.1) is 0 Å². The fourth-order valence-corrected chi connectivity index (χ4v) is 2.32. The van der Waals surface area contributed by atoms with Gasteiger partial charge in [-0.1, -0.05) is 6.07 Å². The third kappa shape index (κ3) is 5.50. The lowest BCUT2D eigenvalue weighted by Crippen LogP contribution is -2.14. The van der Waals surface area contributed by atoms with E-state index in [-0.39, 0.29) is 17.7 Å². The van der Waals surface area contributed by atoms with Crippen LogP contribution in [0.5, 0.6) is 5.75 Å². The Morgan fingerprint density at radius 3 is 2.52 bits per heavy atom. The summed E-state index contributed by atoms with van der Waals surface area (Å²) in [5, 5.41) is 5.93. The third-order valence-electron chi connectivity index (χ3n) is 3.56. The van der Waals surface area contributed by atoms with Crippen molar-refractivity contribution in [2.45, 2.75) is 26.5 Å². The molecule has 1 amide bonds. The first kappa shape index (κ1) is 18.3. The van der Waals surface area contributed by atoms with E-state index in [1.807, 2.05) is 38.1 Å². The molecule has 0 aliphatic heterocycles. The third-order valence-corrected chi connectivity index (χ3v) is 3.56. The van der Waals surface area contributed by atoms with Gasteiger partial charge in [0, 0.05) is 24.6 Å². The molecule has 0 spiro atoms. The van der Waals surface area contributed by atoms with Crippen LogP contribution in [-0.2, 0) is 6.54 Å². The van der Waals surface area contributed by atoms with Gasteiger partial charge in [0.1, 0.15) is 17.3 Å². The number of carbonyl (C=O) groups is 1. The molecule has 0 fully saturated rings. The van der Waals surface area contributed by atoms with Crippen molar-refractivity contribution in [2.24, 2.45) is 0 Å². The molecule has 0 unspecified atom stereocenters. The maximum Gasteiger partial charge on any atom is 0.275 e. The van der Waals surface area contributed by atoms with Gasteiger partial charge in [-0.25, -0.2) is 9.97 Å². The second-order valence-corrected chi connectivity index (χ2v) is 6.15. The van der Waals surface area contributed by atoms with Crippen molar-refractivity contribution < 1.29 is 9.53 Å². The number of amides is 1. The molecule has 0 atom stereocenters. The van der Waals surface area contributed by atoms with E-state index in [1.165, 1.54) is 12.4 Å². The standard InChI is InChI=1S/C20H21N5O2/c1-14(2)27-17-7-5-16(6-8-17)25-20(26)18-12-24-19(13-22-18)23-11-15-4-3-9-21-10-15/h3-10,12-14H,11H2,1-2H3,(H,23,24)(H,25,26). The van der Waals surface area contributed by atoms with Gasteiger partial charge in [-0.3, -0.25) is 9.78 Å². The molecule has 0 bridgehead atoms. The number of hydrogen-bond acceptors (Lipinski definition) is 6. The quantitative estimate of drug-likeness (QED) is 0.668. The SMILES string of the molecule is CC(C)Oc1ccc(NC(=O)c2cnc(NCc3cccnc3)cn2)cc1. The van der Waals surface area contributed by atoms with Gasteiger partial charge in [0.2, 0.25) is 0 Å². The molecule has 3 aromatic rings. The first-order valence-electron chi connectivity index (χ1n) is 8.63. The van der Waals surface area contributed by atoms with E-state index in [2.05, 4.69) is 25.6 Å². The van der Waals surface area contributed by atoms with E-state index in [9.17, 15) is 4.79 Å². The van der Waals surface area contributed by atoms with Gasteiger partial charge in [-0.2, -0.15) is 0 Å². The van der Waals surface area contributed by atoms with Crippen molar-refractivity contribution in [1.82, 2.24) is 15.0 Å². The van der Waals surface area contributed by atoms with E-state index in [4.69, 9.17) is 4.74 Å². The lowest BCUT2D eigenvalue weighted by molar-refractivity contribution is 0.102. The molecule has 2 N–H and O–H groups in total. The molecule has 0 saturated carbocycles. The zero-order valence-electron chi connectivity index (χ0n) is 15.2. The molecule has 0 saturated heterocycles. The summed E-state index contributed by atoms with van der Waals surface area (Å²) in [6.07, 6.45) is 6.58. The Morgan fingerprint density at radius 2 is 1.89 bits per heavy atom. The van der Waals surface area contributed by atoms with E-state index in [1.54, 1.807) is 24.5 Å². The average molecular weight is 363 g/mol. The zero-order chi connectivity index (χ0) is 19.1. The van der Waals surface area contributed by atoms with Gasteiger partial charge in [0.05, 0.1) is 18.5 Å². The minimum Gasteiger partial charge on any atom is -0.491 e. The van der Waals surface area contributed by atoms with E-state index >= 15 is 0 Å². The number of nitrogens with one attached hydrogen (secondary N) is 2. The van der Waals surface area contributed by atoms with Gasteiger partial charge < -0.3 is 15.4 Å². The van der Waals surface area contributed by atoms with Crippen LogP contribution in [0.4, 0.5) is 11.5 Å². The van der Waals surface area contributed by atoms with Gasteiger partial charge in [0.25, 0.3) is 5.91 Å².